The summed E-state index contributed by atoms with van der Waals surface area (Å²) in [5, 5.41) is 23.6. The first-order chi connectivity index (χ1) is 23.7. The fourth-order valence-corrected chi connectivity index (χ4v) is 4.97. The van der Waals surface area contributed by atoms with Crippen LogP contribution < -0.4 is 5.32 Å². The van der Waals surface area contributed by atoms with Crippen LogP contribution in [0.5, 0.6) is 0 Å². The number of hydrogen-bond acceptors (Lipinski definition) is 13. The van der Waals surface area contributed by atoms with E-state index in [0.717, 1.165) is 76.0 Å². The lowest BCUT2D eigenvalue weighted by molar-refractivity contribution is -0.157. The smallest absolute Gasteiger partial charge is 0.414 e. The van der Waals surface area contributed by atoms with E-state index in [4.69, 9.17) is 18.9 Å². The molecule has 0 radical (unpaired) electrons. The van der Waals surface area contributed by atoms with Crippen molar-refractivity contribution in [1.29, 1.82) is 0 Å². The fourth-order valence-electron chi connectivity index (χ4n) is 4.97. The number of epoxide rings is 1. The molecule has 6 atom stereocenters. The third-order valence-corrected chi connectivity index (χ3v) is 7.60. The number of esters is 2. The van der Waals surface area contributed by atoms with Gasteiger partial charge in [0.25, 0.3) is 11.8 Å². The molecule has 2 aliphatic heterocycles. The van der Waals surface area contributed by atoms with Gasteiger partial charge < -0.3 is 29.2 Å². The zero-order valence-corrected chi connectivity index (χ0v) is 28.9. The minimum Gasteiger partial charge on any atom is -0.466 e. The summed E-state index contributed by atoms with van der Waals surface area (Å²) in [6.07, 6.45) is 4.38. The van der Waals surface area contributed by atoms with Crippen LogP contribution >= 0.6 is 0 Å². The summed E-state index contributed by atoms with van der Waals surface area (Å²) in [4.78, 5) is 86.6. The van der Waals surface area contributed by atoms with Gasteiger partial charge >= 0.3 is 18.0 Å². The highest BCUT2D eigenvalue weighted by atomic mass is 16.7. The van der Waals surface area contributed by atoms with E-state index in [-0.39, 0.29) is 38.3 Å². The Morgan fingerprint density at radius 2 is 1.72 bits per heavy atom. The van der Waals surface area contributed by atoms with Gasteiger partial charge in [-0.05, 0) is 26.2 Å². The SMILES string of the molecule is CCCCCCCC(=O)OCC[C@H](O)/C=C/[C@H](O)[C@@H]1OC(=O)/C=C\C=C\C(=O)N(C(C)=O)C(=O)/C=C(/C)CC[C@@H]2O[C@H]2[C@H]1OC(=O)NC(C)=O. The normalized spacial score (nSPS) is 25.2. The van der Waals surface area contributed by atoms with Gasteiger partial charge in [-0.25, -0.2) is 14.5 Å². The number of rotatable bonds is 13. The van der Waals surface area contributed by atoms with E-state index in [0.29, 0.717) is 16.9 Å². The number of aliphatic hydroxyl groups excluding tert-OH is 2. The number of hydrogen-bond donors (Lipinski definition) is 3. The third-order valence-electron chi connectivity index (χ3n) is 7.60. The van der Waals surface area contributed by atoms with E-state index < -0.39 is 72.3 Å². The number of fused-ring (bicyclic) bond motifs is 1. The summed E-state index contributed by atoms with van der Waals surface area (Å²) in [5.74, 6) is -4.79. The summed E-state index contributed by atoms with van der Waals surface area (Å²) in [5.41, 5.74) is 0.501. The first-order valence-corrected chi connectivity index (χ1v) is 16.7. The second-order valence-corrected chi connectivity index (χ2v) is 12.0. The van der Waals surface area contributed by atoms with Crippen molar-refractivity contribution in [1.82, 2.24) is 10.2 Å². The lowest BCUT2D eigenvalue weighted by atomic mass is 9.99. The molecule has 0 aliphatic carbocycles. The monoisotopic (exact) mass is 704 g/mol. The molecule has 15 nitrogen and oxygen atoms in total. The van der Waals surface area contributed by atoms with Gasteiger partial charge in [-0.2, -0.15) is 0 Å². The van der Waals surface area contributed by atoms with Crippen molar-refractivity contribution < 1.29 is 62.7 Å². The number of allylic oxidation sites excluding steroid dienone is 3. The predicted molar refractivity (Wildman–Crippen MR) is 177 cm³/mol. The highest BCUT2D eigenvalue weighted by Gasteiger charge is 2.52. The molecule has 2 rings (SSSR count). The number of carbonyl (C=O) groups is 7. The molecule has 0 spiro atoms. The van der Waals surface area contributed by atoms with E-state index >= 15 is 0 Å². The molecule has 2 heterocycles. The van der Waals surface area contributed by atoms with Crippen molar-refractivity contribution in [2.75, 3.05) is 6.61 Å². The fraction of sp³-hybridized carbons (Fsp3) is 0.571. The standard InChI is InChI=1S/C35H48N2O13/c1-5-6-7-8-9-13-30(44)47-20-19-25(40)16-17-26(41)32-34(50-35(46)36-23(3)38)33-27(48-33)18-15-22(2)21-29(43)37(24(4)39)28(42)12-10-11-14-31(45)49-32/h10-12,14,16-17,21,25-27,32-34,40-41H,5-9,13,15,18-20H2,1-4H3,(H,36,38,46)/b12-10+,14-11-,17-16+,22-21-/t25-,26+,27+,32+,33-,34+/m1/s1. The Kier molecular flexibility index (Phi) is 18.0. The molecule has 3 N–H and O–H groups in total. The molecule has 0 aromatic rings. The molecule has 0 bridgehead atoms. The summed E-state index contributed by atoms with van der Waals surface area (Å²) in [6.45, 7) is 5.76. The van der Waals surface area contributed by atoms with Crippen molar-refractivity contribution in [3.63, 3.8) is 0 Å². The first-order valence-electron chi connectivity index (χ1n) is 16.7. The molecule has 2 aliphatic rings. The molecule has 15 heteroatoms. The molecule has 1 fully saturated rings. The summed E-state index contributed by atoms with van der Waals surface area (Å²) < 4.78 is 21.8. The molecule has 0 aromatic carbocycles. The quantitative estimate of drug-likeness (QED) is 0.0629. The maximum Gasteiger partial charge on any atom is 0.414 e. The van der Waals surface area contributed by atoms with Gasteiger partial charge in [0, 0.05) is 44.9 Å². The average Bonchev–Trinajstić information content (AvgIpc) is 3.81. The molecule has 276 valence electrons. The zero-order valence-electron chi connectivity index (χ0n) is 28.9. The van der Waals surface area contributed by atoms with Crippen LogP contribution in [0.2, 0.25) is 0 Å². The Bertz CT molecular complexity index is 1350. The molecule has 0 saturated carbocycles. The minimum absolute atomic E-state index is 0.00816. The average molecular weight is 705 g/mol. The van der Waals surface area contributed by atoms with Crippen molar-refractivity contribution in [2.24, 2.45) is 0 Å². The number of nitrogens with one attached hydrogen (secondary N) is 1. The number of amides is 5. The van der Waals surface area contributed by atoms with E-state index in [1.54, 1.807) is 6.92 Å². The number of alkyl carbamates (subject to hydrolysis) is 1. The predicted octanol–water partition coefficient (Wildman–Crippen LogP) is 2.63. The van der Waals surface area contributed by atoms with Gasteiger partial charge in [-0.3, -0.25) is 29.3 Å². The van der Waals surface area contributed by atoms with Crippen LogP contribution in [0.4, 0.5) is 4.79 Å². The molecule has 0 unspecified atom stereocenters. The van der Waals surface area contributed by atoms with Gasteiger partial charge in [0.1, 0.15) is 12.2 Å². The maximum atomic E-state index is 12.9. The van der Waals surface area contributed by atoms with Gasteiger partial charge in [-0.1, -0.05) is 62.5 Å². The largest absolute Gasteiger partial charge is 0.466 e. The van der Waals surface area contributed by atoms with Crippen LogP contribution in [-0.2, 0) is 47.7 Å². The third kappa shape index (κ3) is 15.4. The van der Waals surface area contributed by atoms with Crippen molar-refractivity contribution in [3.8, 4) is 0 Å². The Balaban J connectivity index is 2.26. The van der Waals surface area contributed by atoms with E-state index in [9.17, 15) is 43.8 Å². The maximum absolute atomic E-state index is 12.9. The van der Waals surface area contributed by atoms with Crippen molar-refractivity contribution in [3.05, 3.63) is 48.1 Å². The summed E-state index contributed by atoms with van der Waals surface area (Å²) >= 11 is 0. The lowest BCUT2D eigenvalue weighted by Crippen LogP contribution is -2.48. The van der Waals surface area contributed by atoms with Crippen molar-refractivity contribution in [2.45, 2.75) is 122 Å². The highest BCUT2D eigenvalue weighted by Crippen LogP contribution is 2.35. The second kappa shape index (κ2) is 21.6. The molecule has 0 aromatic heterocycles. The topological polar surface area (TPSA) is 215 Å². The van der Waals surface area contributed by atoms with Crippen LogP contribution in [0.25, 0.3) is 0 Å². The number of unbranched alkanes of at least 4 members (excludes halogenated alkanes) is 4. The van der Waals surface area contributed by atoms with Gasteiger partial charge in [0.15, 0.2) is 12.2 Å². The lowest BCUT2D eigenvalue weighted by Gasteiger charge is -2.28. The van der Waals surface area contributed by atoms with E-state index in [2.05, 4.69) is 6.92 Å². The second-order valence-electron chi connectivity index (χ2n) is 12.0. The molecular weight excluding hydrogens is 656 g/mol. The van der Waals surface area contributed by atoms with E-state index in [1.165, 1.54) is 6.08 Å². The van der Waals surface area contributed by atoms with Gasteiger partial charge in [0.2, 0.25) is 11.8 Å². The Labute approximate surface area is 291 Å². The zero-order chi connectivity index (χ0) is 37.2. The Morgan fingerprint density at radius 1 is 1.02 bits per heavy atom. The van der Waals surface area contributed by atoms with Crippen LogP contribution in [-0.4, -0.2) is 100 Å². The van der Waals surface area contributed by atoms with Crippen LogP contribution in [0.3, 0.4) is 0 Å². The van der Waals surface area contributed by atoms with Crippen LogP contribution in [0.1, 0.15) is 85.5 Å². The van der Waals surface area contributed by atoms with Gasteiger partial charge in [-0.15, -0.1) is 0 Å². The number of aliphatic hydroxyl groups is 2. The Morgan fingerprint density at radius 3 is 2.40 bits per heavy atom. The Hall–Kier alpha value is -4.47. The molecule has 50 heavy (non-hydrogen) atoms. The van der Waals surface area contributed by atoms with Crippen molar-refractivity contribution >= 4 is 41.7 Å². The minimum atomic E-state index is -1.68. The molecule has 5 amide bonds. The van der Waals surface area contributed by atoms with Gasteiger partial charge in [0.05, 0.1) is 18.8 Å². The summed E-state index contributed by atoms with van der Waals surface area (Å²) in [7, 11) is 0. The van der Waals surface area contributed by atoms with Crippen LogP contribution in [0.15, 0.2) is 48.1 Å². The first kappa shape index (κ1) is 41.7. The molecule has 1 saturated heterocycles. The number of imide groups is 4. The number of carbonyl (C=O) groups excluding carboxylic acids is 7. The molecular formula is C35H48N2O13. The summed E-state index contributed by atoms with van der Waals surface area (Å²) in [6, 6.07) is 0. The van der Waals surface area contributed by atoms with Crippen LogP contribution in [0, 0.1) is 0 Å². The number of nitrogens with zero attached hydrogens (tertiary/aromatic N) is 1. The van der Waals surface area contributed by atoms with E-state index in [1.807, 2.05) is 5.32 Å². The highest BCUT2D eigenvalue weighted by molar-refractivity contribution is 6.16. The number of cyclic esters (lactones) is 1. The number of ether oxygens (including phenoxy) is 4.